The number of benzene rings is 2. The molecule has 0 amide bonds. The van der Waals surface area contributed by atoms with Crippen LogP contribution in [0.15, 0.2) is 46.1 Å². The zero-order valence-corrected chi connectivity index (χ0v) is 17.9. The van der Waals surface area contributed by atoms with E-state index in [9.17, 15) is 13.2 Å². The van der Waals surface area contributed by atoms with Gasteiger partial charge in [-0.05, 0) is 49.2 Å². The molecule has 0 saturated carbocycles. The van der Waals surface area contributed by atoms with Crippen LogP contribution in [-0.2, 0) is 30.5 Å². The second-order valence-corrected chi connectivity index (χ2v) is 8.68. The molecular formula is C20H25N3O5S. The lowest BCUT2D eigenvalue weighted by Gasteiger charge is -2.16. The highest BCUT2D eigenvalue weighted by molar-refractivity contribution is 7.89. The molecule has 0 spiro atoms. The molecule has 1 atom stereocenters. The number of aromatic nitrogens is 2. The first kappa shape index (κ1) is 20.9. The van der Waals surface area contributed by atoms with E-state index in [1.54, 1.807) is 47.4 Å². The van der Waals surface area contributed by atoms with Crippen LogP contribution in [0.2, 0.25) is 0 Å². The summed E-state index contributed by atoms with van der Waals surface area (Å²) in [6.07, 6.45) is 0.478. The average molecular weight is 420 g/mol. The Morgan fingerprint density at radius 2 is 1.62 bits per heavy atom. The van der Waals surface area contributed by atoms with Crippen molar-refractivity contribution < 1.29 is 17.9 Å². The predicted molar refractivity (Wildman–Crippen MR) is 111 cm³/mol. The molecule has 2 aromatic carbocycles. The molecule has 1 aromatic heterocycles. The lowest BCUT2D eigenvalue weighted by molar-refractivity contribution is 0.354. The van der Waals surface area contributed by atoms with Crippen molar-refractivity contribution in [1.82, 2.24) is 13.9 Å². The molecule has 1 heterocycles. The number of hydrogen-bond acceptors (Lipinski definition) is 5. The van der Waals surface area contributed by atoms with Crippen LogP contribution in [0, 0.1) is 0 Å². The molecular weight excluding hydrogens is 394 g/mol. The summed E-state index contributed by atoms with van der Waals surface area (Å²) in [6.45, 7) is 1.80. The van der Waals surface area contributed by atoms with Gasteiger partial charge in [0.1, 0.15) is 0 Å². The second kappa shape index (κ2) is 7.92. The number of methoxy groups -OCH3 is 2. The molecule has 0 saturated heterocycles. The number of nitrogens with one attached hydrogen (secondary N) is 1. The smallest absolute Gasteiger partial charge is 0.328 e. The van der Waals surface area contributed by atoms with Crippen LogP contribution in [0.4, 0.5) is 0 Å². The first-order valence-electron chi connectivity index (χ1n) is 9.06. The summed E-state index contributed by atoms with van der Waals surface area (Å²) >= 11 is 0. The highest BCUT2D eigenvalue weighted by atomic mass is 32.2. The number of imidazole rings is 1. The molecule has 156 valence electrons. The summed E-state index contributed by atoms with van der Waals surface area (Å²) in [5.74, 6) is 1.21. The van der Waals surface area contributed by atoms with Crippen molar-refractivity contribution in [3.8, 4) is 11.5 Å². The lowest BCUT2D eigenvalue weighted by Crippen LogP contribution is -2.34. The fraction of sp³-hybridized carbons (Fsp3) is 0.350. The Bertz CT molecular complexity index is 1210. The van der Waals surface area contributed by atoms with Gasteiger partial charge in [-0.2, -0.15) is 0 Å². The Morgan fingerprint density at radius 1 is 0.966 bits per heavy atom. The van der Waals surface area contributed by atoms with E-state index in [0.29, 0.717) is 29.0 Å². The van der Waals surface area contributed by atoms with Crippen molar-refractivity contribution in [2.24, 2.45) is 14.1 Å². The van der Waals surface area contributed by atoms with Crippen molar-refractivity contribution in [1.29, 1.82) is 0 Å². The first-order valence-corrected chi connectivity index (χ1v) is 10.5. The maximum Gasteiger partial charge on any atom is 0.328 e. The van der Waals surface area contributed by atoms with Gasteiger partial charge in [-0.3, -0.25) is 9.13 Å². The van der Waals surface area contributed by atoms with Gasteiger partial charge >= 0.3 is 5.69 Å². The fourth-order valence-electron chi connectivity index (χ4n) is 3.39. The van der Waals surface area contributed by atoms with Gasteiger partial charge in [-0.15, -0.1) is 0 Å². The van der Waals surface area contributed by atoms with Crippen LogP contribution in [0.1, 0.15) is 12.5 Å². The van der Waals surface area contributed by atoms with Crippen LogP contribution >= 0.6 is 0 Å². The topological polar surface area (TPSA) is 91.6 Å². The van der Waals surface area contributed by atoms with Gasteiger partial charge in [0.25, 0.3) is 0 Å². The van der Waals surface area contributed by atoms with E-state index in [1.807, 2.05) is 12.1 Å². The molecule has 0 bridgehead atoms. The van der Waals surface area contributed by atoms with E-state index in [-0.39, 0.29) is 16.6 Å². The van der Waals surface area contributed by atoms with Crippen molar-refractivity contribution in [2.75, 3.05) is 14.2 Å². The van der Waals surface area contributed by atoms with Crippen molar-refractivity contribution in [2.45, 2.75) is 24.3 Å². The van der Waals surface area contributed by atoms with Crippen LogP contribution in [0.3, 0.4) is 0 Å². The molecule has 9 heteroatoms. The zero-order chi connectivity index (χ0) is 21.3. The molecule has 29 heavy (non-hydrogen) atoms. The Balaban J connectivity index is 1.83. The van der Waals surface area contributed by atoms with Gasteiger partial charge in [-0.25, -0.2) is 17.9 Å². The zero-order valence-electron chi connectivity index (χ0n) is 17.1. The third kappa shape index (κ3) is 4.01. The maximum atomic E-state index is 12.9. The fourth-order valence-corrected chi connectivity index (χ4v) is 4.65. The highest BCUT2D eigenvalue weighted by Gasteiger charge is 2.20. The monoisotopic (exact) mass is 419 g/mol. The Morgan fingerprint density at radius 3 is 2.28 bits per heavy atom. The van der Waals surface area contributed by atoms with Crippen molar-refractivity contribution in [3.63, 3.8) is 0 Å². The maximum absolute atomic E-state index is 12.9. The third-order valence-corrected chi connectivity index (χ3v) is 6.49. The van der Waals surface area contributed by atoms with Crippen LogP contribution in [0.25, 0.3) is 11.0 Å². The minimum atomic E-state index is -3.75. The molecule has 0 unspecified atom stereocenters. The van der Waals surface area contributed by atoms with E-state index in [0.717, 1.165) is 5.56 Å². The Labute approximate surface area is 169 Å². The summed E-state index contributed by atoms with van der Waals surface area (Å²) < 4.78 is 41.8. The minimum absolute atomic E-state index is 0.116. The summed E-state index contributed by atoms with van der Waals surface area (Å²) in [5, 5.41) is 0. The Hall–Kier alpha value is -2.78. The molecule has 0 aliphatic heterocycles. The van der Waals surface area contributed by atoms with Gasteiger partial charge in [0.15, 0.2) is 11.5 Å². The number of ether oxygens (including phenoxy) is 2. The molecule has 0 fully saturated rings. The van der Waals surface area contributed by atoms with Gasteiger partial charge in [0.05, 0.1) is 30.1 Å². The van der Waals surface area contributed by atoms with Crippen LogP contribution < -0.4 is 19.9 Å². The normalized spacial score (nSPS) is 12.9. The number of hydrogen-bond donors (Lipinski definition) is 1. The van der Waals surface area contributed by atoms with E-state index in [4.69, 9.17) is 9.47 Å². The van der Waals surface area contributed by atoms with Crippen molar-refractivity contribution >= 4 is 21.1 Å². The lowest BCUT2D eigenvalue weighted by atomic mass is 10.1. The molecule has 3 aromatic rings. The summed E-state index contributed by atoms with van der Waals surface area (Å²) in [7, 11) is 2.64. The quantitative estimate of drug-likeness (QED) is 0.631. The molecule has 3 rings (SSSR count). The summed E-state index contributed by atoms with van der Waals surface area (Å²) in [5.41, 5.74) is 1.95. The number of aryl methyl sites for hydroxylation is 2. The third-order valence-electron chi connectivity index (χ3n) is 4.90. The van der Waals surface area contributed by atoms with E-state index >= 15 is 0 Å². The van der Waals surface area contributed by atoms with E-state index in [2.05, 4.69) is 4.72 Å². The number of fused-ring (bicyclic) bond motifs is 1. The number of rotatable bonds is 7. The standard InChI is InChI=1S/C20H25N3O5S/c1-13(10-14-6-9-18(27-4)19(11-14)28-5)21-29(25,26)15-7-8-16-17(12-15)23(3)20(24)22(16)2/h6-9,11-13,21H,10H2,1-5H3/t13-/m1/s1. The first-order chi connectivity index (χ1) is 13.7. The van der Waals surface area contributed by atoms with E-state index < -0.39 is 10.0 Å². The molecule has 8 nitrogen and oxygen atoms in total. The molecule has 1 N–H and O–H groups in total. The van der Waals surface area contributed by atoms with Gasteiger partial charge in [0.2, 0.25) is 10.0 Å². The van der Waals surface area contributed by atoms with Crippen molar-refractivity contribution in [3.05, 3.63) is 52.4 Å². The largest absolute Gasteiger partial charge is 0.493 e. The SMILES string of the molecule is COc1ccc(C[C@@H](C)NS(=O)(=O)c2ccc3c(c2)n(C)c(=O)n3C)cc1OC. The molecule has 0 radical (unpaired) electrons. The second-order valence-electron chi connectivity index (χ2n) is 6.97. The van der Waals surface area contributed by atoms with Gasteiger partial charge in [0, 0.05) is 20.1 Å². The molecule has 0 aliphatic rings. The van der Waals surface area contributed by atoms with E-state index in [1.165, 1.54) is 21.3 Å². The average Bonchev–Trinajstić information content (AvgIpc) is 2.91. The number of sulfonamides is 1. The van der Waals surface area contributed by atoms with Crippen LogP contribution in [-0.4, -0.2) is 37.8 Å². The summed E-state index contributed by atoms with van der Waals surface area (Å²) in [6, 6.07) is 9.81. The van der Waals surface area contributed by atoms with Gasteiger partial charge in [-0.1, -0.05) is 6.07 Å². The Kier molecular flexibility index (Phi) is 5.72. The van der Waals surface area contributed by atoms with Crippen LogP contribution in [0.5, 0.6) is 11.5 Å². The minimum Gasteiger partial charge on any atom is -0.493 e. The molecule has 0 aliphatic carbocycles. The summed E-state index contributed by atoms with van der Waals surface area (Å²) in [4.78, 5) is 12.2. The highest BCUT2D eigenvalue weighted by Crippen LogP contribution is 2.28. The van der Waals surface area contributed by atoms with Gasteiger partial charge < -0.3 is 9.47 Å². The predicted octanol–water partition coefficient (Wildman–Crippen LogP) is 1.80. The number of nitrogens with zero attached hydrogens (tertiary/aromatic N) is 2.